The van der Waals surface area contributed by atoms with E-state index in [0.717, 1.165) is 0 Å². The Morgan fingerprint density at radius 2 is 2.05 bits per heavy atom. The van der Waals surface area contributed by atoms with Crippen LogP contribution >= 0.6 is 0 Å². The van der Waals surface area contributed by atoms with E-state index in [1.54, 1.807) is 25.1 Å². The zero-order valence-electron chi connectivity index (χ0n) is 10.9. The standard InChI is InChI=1S/C13H17FN2O3/c1-3-19-13(18)11(15)12(17)16(2)8-9-6-4-5-7-10(9)14/h4-7,11H,3,8,15H2,1-2H3. The molecule has 1 aromatic rings. The summed E-state index contributed by atoms with van der Waals surface area (Å²) in [5.74, 6) is -1.80. The molecule has 0 spiro atoms. The molecule has 0 aromatic heterocycles. The van der Waals surface area contributed by atoms with Crippen molar-refractivity contribution in [1.29, 1.82) is 0 Å². The highest BCUT2D eigenvalue weighted by Gasteiger charge is 2.26. The van der Waals surface area contributed by atoms with E-state index in [9.17, 15) is 14.0 Å². The molecule has 2 N–H and O–H groups in total. The summed E-state index contributed by atoms with van der Waals surface area (Å²) in [6.45, 7) is 1.81. The Bertz CT molecular complexity index is 465. The molecule has 0 saturated heterocycles. The van der Waals surface area contributed by atoms with Crippen molar-refractivity contribution in [3.05, 3.63) is 35.6 Å². The third-order valence-corrected chi connectivity index (χ3v) is 2.55. The number of nitrogens with two attached hydrogens (primary N) is 1. The van der Waals surface area contributed by atoms with E-state index in [-0.39, 0.29) is 13.2 Å². The fourth-order valence-electron chi connectivity index (χ4n) is 1.53. The molecule has 0 aliphatic heterocycles. The molecule has 0 bridgehead atoms. The number of likely N-dealkylation sites (N-methyl/N-ethyl adjacent to an activating group) is 1. The van der Waals surface area contributed by atoms with Crippen LogP contribution in [0.2, 0.25) is 0 Å². The predicted molar refractivity (Wildman–Crippen MR) is 67.5 cm³/mol. The van der Waals surface area contributed by atoms with Gasteiger partial charge in [0.1, 0.15) is 5.82 Å². The number of rotatable bonds is 5. The highest BCUT2D eigenvalue weighted by atomic mass is 19.1. The minimum absolute atomic E-state index is 0.0403. The topological polar surface area (TPSA) is 72.6 Å². The number of benzene rings is 1. The third kappa shape index (κ3) is 4.03. The van der Waals surface area contributed by atoms with Gasteiger partial charge >= 0.3 is 5.97 Å². The Labute approximate surface area is 111 Å². The zero-order chi connectivity index (χ0) is 14.4. The minimum atomic E-state index is -1.38. The summed E-state index contributed by atoms with van der Waals surface area (Å²) < 4.78 is 18.1. The van der Waals surface area contributed by atoms with Gasteiger partial charge in [-0.2, -0.15) is 0 Å². The van der Waals surface area contributed by atoms with E-state index in [1.165, 1.54) is 18.0 Å². The van der Waals surface area contributed by atoms with Gasteiger partial charge in [0.05, 0.1) is 6.61 Å². The zero-order valence-corrected chi connectivity index (χ0v) is 10.9. The summed E-state index contributed by atoms with van der Waals surface area (Å²) in [6, 6.07) is 4.72. The smallest absolute Gasteiger partial charge is 0.332 e. The van der Waals surface area contributed by atoms with Crippen molar-refractivity contribution in [2.24, 2.45) is 5.73 Å². The van der Waals surface area contributed by atoms with Crippen LogP contribution in [-0.4, -0.2) is 36.5 Å². The first-order valence-electron chi connectivity index (χ1n) is 5.88. The van der Waals surface area contributed by atoms with Crippen LogP contribution in [0.15, 0.2) is 24.3 Å². The number of esters is 1. The van der Waals surface area contributed by atoms with E-state index < -0.39 is 23.7 Å². The van der Waals surface area contributed by atoms with Crippen LogP contribution in [-0.2, 0) is 20.9 Å². The summed E-state index contributed by atoms with van der Waals surface area (Å²) >= 11 is 0. The van der Waals surface area contributed by atoms with Crippen molar-refractivity contribution in [2.75, 3.05) is 13.7 Å². The number of hydrogen-bond acceptors (Lipinski definition) is 4. The molecular weight excluding hydrogens is 251 g/mol. The van der Waals surface area contributed by atoms with Crippen LogP contribution in [0.5, 0.6) is 0 Å². The number of carbonyl (C=O) groups excluding carboxylic acids is 2. The van der Waals surface area contributed by atoms with Gasteiger partial charge < -0.3 is 15.4 Å². The van der Waals surface area contributed by atoms with Crippen LogP contribution in [0.4, 0.5) is 4.39 Å². The van der Waals surface area contributed by atoms with E-state index in [4.69, 9.17) is 5.73 Å². The van der Waals surface area contributed by atoms with Crippen LogP contribution in [0, 0.1) is 5.82 Å². The van der Waals surface area contributed by atoms with Gasteiger partial charge in [-0.05, 0) is 13.0 Å². The lowest BCUT2D eigenvalue weighted by Crippen LogP contribution is -2.47. The van der Waals surface area contributed by atoms with Crippen molar-refractivity contribution >= 4 is 11.9 Å². The second kappa shape index (κ2) is 6.84. The average molecular weight is 268 g/mol. The third-order valence-electron chi connectivity index (χ3n) is 2.55. The number of nitrogens with zero attached hydrogens (tertiary/aromatic N) is 1. The van der Waals surface area contributed by atoms with Gasteiger partial charge in [0.15, 0.2) is 6.04 Å². The summed E-state index contributed by atoms with van der Waals surface area (Å²) in [7, 11) is 1.45. The minimum Gasteiger partial charge on any atom is -0.464 e. The Balaban J connectivity index is 2.68. The predicted octanol–water partition coefficient (Wildman–Crippen LogP) is 0.675. The molecule has 0 radical (unpaired) electrons. The van der Waals surface area contributed by atoms with Crippen molar-refractivity contribution in [2.45, 2.75) is 19.5 Å². The highest BCUT2D eigenvalue weighted by molar-refractivity contribution is 6.01. The van der Waals surface area contributed by atoms with Gasteiger partial charge in [0, 0.05) is 19.2 Å². The van der Waals surface area contributed by atoms with E-state index in [0.29, 0.717) is 5.56 Å². The van der Waals surface area contributed by atoms with Gasteiger partial charge in [-0.3, -0.25) is 4.79 Å². The number of carbonyl (C=O) groups is 2. The lowest BCUT2D eigenvalue weighted by atomic mass is 10.2. The first kappa shape index (κ1) is 15.1. The maximum Gasteiger partial charge on any atom is 0.332 e. The Morgan fingerprint density at radius 3 is 2.63 bits per heavy atom. The van der Waals surface area contributed by atoms with E-state index >= 15 is 0 Å². The van der Waals surface area contributed by atoms with Crippen LogP contribution in [0.25, 0.3) is 0 Å². The molecule has 0 fully saturated rings. The maximum absolute atomic E-state index is 13.4. The molecule has 1 atom stereocenters. The highest BCUT2D eigenvalue weighted by Crippen LogP contribution is 2.09. The van der Waals surface area contributed by atoms with Gasteiger partial charge in [0.2, 0.25) is 0 Å². The molecule has 0 heterocycles. The number of halogens is 1. The first-order chi connectivity index (χ1) is 8.97. The normalized spacial score (nSPS) is 11.8. The fourth-order valence-corrected chi connectivity index (χ4v) is 1.53. The lowest BCUT2D eigenvalue weighted by molar-refractivity contribution is -0.150. The monoisotopic (exact) mass is 268 g/mol. The SMILES string of the molecule is CCOC(=O)C(N)C(=O)N(C)Cc1ccccc1F. The number of hydrogen-bond donors (Lipinski definition) is 1. The molecule has 19 heavy (non-hydrogen) atoms. The average Bonchev–Trinajstić information content (AvgIpc) is 2.39. The summed E-state index contributed by atoms with van der Waals surface area (Å²) in [4.78, 5) is 24.4. The van der Waals surface area contributed by atoms with Gasteiger partial charge in [-0.25, -0.2) is 9.18 Å². The second-order valence-corrected chi connectivity index (χ2v) is 4.02. The van der Waals surface area contributed by atoms with Crippen LogP contribution in [0.1, 0.15) is 12.5 Å². The summed E-state index contributed by atoms with van der Waals surface area (Å²) in [5.41, 5.74) is 5.84. The molecule has 1 aromatic carbocycles. The Morgan fingerprint density at radius 1 is 1.42 bits per heavy atom. The molecule has 0 aliphatic rings. The molecule has 5 nitrogen and oxygen atoms in total. The summed E-state index contributed by atoms with van der Waals surface area (Å²) in [5, 5.41) is 0. The molecular formula is C13H17FN2O3. The molecule has 104 valence electrons. The maximum atomic E-state index is 13.4. The van der Waals surface area contributed by atoms with E-state index in [2.05, 4.69) is 4.74 Å². The van der Waals surface area contributed by atoms with E-state index in [1.807, 2.05) is 0 Å². The molecule has 0 aliphatic carbocycles. The van der Waals surface area contributed by atoms with Crippen molar-refractivity contribution in [3.63, 3.8) is 0 Å². The van der Waals surface area contributed by atoms with Crippen LogP contribution in [0.3, 0.4) is 0 Å². The molecule has 1 rings (SSSR count). The fraction of sp³-hybridized carbons (Fsp3) is 0.385. The van der Waals surface area contributed by atoms with Crippen molar-refractivity contribution in [1.82, 2.24) is 4.90 Å². The number of ether oxygens (including phenoxy) is 1. The second-order valence-electron chi connectivity index (χ2n) is 4.02. The van der Waals surface area contributed by atoms with Gasteiger partial charge in [0.25, 0.3) is 5.91 Å². The van der Waals surface area contributed by atoms with Crippen molar-refractivity contribution < 1.29 is 18.7 Å². The molecule has 1 amide bonds. The molecule has 1 unspecified atom stereocenters. The van der Waals surface area contributed by atoms with Crippen LogP contribution < -0.4 is 5.73 Å². The molecule has 6 heteroatoms. The Kier molecular flexibility index (Phi) is 5.44. The largest absolute Gasteiger partial charge is 0.464 e. The summed E-state index contributed by atoms with van der Waals surface area (Å²) in [6.07, 6.45) is 0. The quantitative estimate of drug-likeness (QED) is 0.629. The Hall–Kier alpha value is -1.95. The van der Waals surface area contributed by atoms with Gasteiger partial charge in [-0.1, -0.05) is 18.2 Å². The van der Waals surface area contributed by atoms with Gasteiger partial charge in [-0.15, -0.1) is 0 Å². The number of amides is 1. The molecule has 0 saturated carbocycles. The van der Waals surface area contributed by atoms with Crippen molar-refractivity contribution in [3.8, 4) is 0 Å². The lowest BCUT2D eigenvalue weighted by Gasteiger charge is -2.20. The first-order valence-corrected chi connectivity index (χ1v) is 5.88.